The van der Waals surface area contributed by atoms with Gasteiger partial charge < -0.3 is 9.47 Å². The molecule has 1 aromatic rings. The number of carbonyl (C=O) groups excluding carboxylic acids is 2. The molecule has 0 aromatic carbocycles. The maximum Gasteiger partial charge on any atom is 0.335 e. The molecule has 0 bridgehead atoms. The summed E-state index contributed by atoms with van der Waals surface area (Å²) in [6, 6.07) is 0. The van der Waals surface area contributed by atoms with Crippen molar-refractivity contribution in [2.45, 2.75) is 80.1 Å². The Hall–Kier alpha value is -2.38. The van der Waals surface area contributed by atoms with Crippen LogP contribution in [-0.4, -0.2) is 34.6 Å². The third-order valence-electron chi connectivity index (χ3n) is 5.48. The first-order valence-electron chi connectivity index (χ1n) is 11.2. The van der Waals surface area contributed by atoms with Gasteiger partial charge in [0.05, 0.1) is 24.8 Å². The van der Waals surface area contributed by atoms with Gasteiger partial charge in [-0.25, -0.2) is 9.36 Å². The van der Waals surface area contributed by atoms with Crippen molar-refractivity contribution < 1.29 is 19.1 Å². The molecule has 0 spiro atoms. The first-order valence-corrected chi connectivity index (χ1v) is 11.2. The van der Waals surface area contributed by atoms with Crippen molar-refractivity contribution in [2.24, 2.45) is 17.3 Å². The van der Waals surface area contributed by atoms with Crippen LogP contribution in [0.4, 0.5) is 0 Å². The zero-order valence-electron chi connectivity index (χ0n) is 19.8. The molecule has 0 aliphatic carbocycles. The normalized spacial score (nSPS) is 13.3. The van der Waals surface area contributed by atoms with Gasteiger partial charge in [0.2, 0.25) is 11.7 Å². The topological polar surface area (TPSA) is 107 Å². The van der Waals surface area contributed by atoms with Crippen molar-refractivity contribution in [1.82, 2.24) is 9.55 Å². The number of aromatic nitrogens is 2. The number of H-pyrrole nitrogens is 1. The summed E-state index contributed by atoms with van der Waals surface area (Å²) >= 11 is 0. The second-order valence-electron chi connectivity index (χ2n) is 8.98. The van der Waals surface area contributed by atoms with E-state index in [2.05, 4.69) is 18.8 Å². The van der Waals surface area contributed by atoms with Crippen molar-refractivity contribution in [3.8, 4) is 5.75 Å². The molecular weight excluding hydrogens is 400 g/mol. The predicted molar refractivity (Wildman–Crippen MR) is 120 cm³/mol. The van der Waals surface area contributed by atoms with E-state index in [0.29, 0.717) is 44.8 Å². The number of rotatable bonds is 13. The molecule has 1 atom stereocenters. The Morgan fingerprint density at radius 2 is 1.77 bits per heavy atom. The zero-order valence-corrected chi connectivity index (χ0v) is 19.8. The van der Waals surface area contributed by atoms with Gasteiger partial charge in [-0.15, -0.1) is 0 Å². The molecule has 8 nitrogen and oxygen atoms in total. The van der Waals surface area contributed by atoms with Crippen LogP contribution >= 0.6 is 0 Å². The highest BCUT2D eigenvalue weighted by atomic mass is 16.5. The highest BCUT2D eigenvalue weighted by Gasteiger charge is 2.38. The maximum absolute atomic E-state index is 12.6. The minimum Gasteiger partial charge on any atom is -0.487 e. The third kappa shape index (κ3) is 7.99. The third-order valence-corrected chi connectivity index (χ3v) is 5.48. The minimum absolute atomic E-state index is 0.0451. The molecule has 0 fully saturated rings. The van der Waals surface area contributed by atoms with Gasteiger partial charge in [0.1, 0.15) is 0 Å². The highest BCUT2D eigenvalue weighted by molar-refractivity contribution is 5.78. The molecule has 0 aliphatic heterocycles. The highest BCUT2D eigenvalue weighted by Crippen LogP contribution is 2.35. The molecule has 0 amide bonds. The van der Waals surface area contributed by atoms with E-state index in [9.17, 15) is 19.2 Å². The number of nitrogens with one attached hydrogen (secondary N) is 1. The van der Waals surface area contributed by atoms with E-state index in [4.69, 9.17) is 9.47 Å². The van der Waals surface area contributed by atoms with E-state index >= 15 is 0 Å². The molecule has 1 N–H and O–H groups in total. The Kier molecular flexibility index (Phi) is 10.7. The van der Waals surface area contributed by atoms with Gasteiger partial charge in [0, 0.05) is 6.42 Å². The predicted octanol–water partition coefficient (Wildman–Crippen LogP) is 3.78. The second kappa shape index (κ2) is 12.5. The van der Waals surface area contributed by atoms with Gasteiger partial charge in [-0.3, -0.25) is 19.4 Å². The lowest BCUT2D eigenvalue weighted by molar-refractivity contribution is -0.159. The number of esters is 1. The van der Waals surface area contributed by atoms with Gasteiger partial charge in [0.15, 0.2) is 0 Å². The number of ether oxygens (including phenoxy) is 2. The standard InChI is InChI=1S/C23H38N2O6/c1-7-12-30-18-15-25(22(29)24-20(18)27)19(26)11-9-8-10-13-31-21(28)23(6,17(4)5)14-16(2)3/h15-17H,7-14H2,1-6H3,(H,24,27,29). The quantitative estimate of drug-likeness (QED) is 0.371. The van der Waals surface area contributed by atoms with Gasteiger partial charge in [-0.2, -0.15) is 0 Å². The number of nitrogens with zero attached hydrogens (tertiary/aromatic N) is 1. The van der Waals surface area contributed by atoms with Gasteiger partial charge in [0.25, 0.3) is 5.56 Å². The minimum atomic E-state index is -0.772. The summed E-state index contributed by atoms with van der Waals surface area (Å²) in [7, 11) is 0. The Labute approximate surface area is 184 Å². The van der Waals surface area contributed by atoms with Crippen molar-refractivity contribution in [1.29, 1.82) is 0 Å². The lowest BCUT2D eigenvalue weighted by Crippen LogP contribution is -2.36. The molecule has 1 unspecified atom stereocenters. The summed E-state index contributed by atoms with van der Waals surface area (Å²) in [6.45, 7) is 12.7. The van der Waals surface area contributed by atoms with Crippen LogP contribution in [-0.2, 0) is 9.53 Å². The van der Waals surface area contributed by atoms with Crippen molar-refractivity contribution in [2.75, 3.05) is 13.2 Å². The average molecular weight is 439 g/mol. The van der Waals surface area contributed by atoms with Crippen molar-refractivity contribution >= 4 is 11.9 Å². The molecule has 1 aromatic heterocycles. The Balaban J connectivity index is 2.50. The maximum atomic E-state index is 12.6. The molecule has 0 aliphatic rings. The largest absolute Gasteiger partial charge is 0.487 e. The molecule has 8 heteroatoms. The summed E-state index contributed by atoms with van der Waals surface area (Å²) in [4.78, 5) is 50.7. The van der Waals surface area contributed by atoms with Crippen LogP contribution in [0.25, 0.3) is 0 Å². The monoisotopic (exact) mass is 438 g/mol. The molecule has 0 radical (unpaired) electrons. The number of aromatic amines is 1. The van der Waals surface area contributed by atoms with E-state index in [0.717, 1.165) is 17.2 Å². The van der Waals surface area contributed by atoms with E-state index in [1.54, 1.807) is 0 Å². The molecular formula is C23H38N2O6. The van der Waals surface area contributed by atoms with Crippen LogP contribution in [0.3, 0.4) is 0 Å². The molecule has 176 valence electrons. The molecule has 0 saturated carbocycles. The molecule has 31 heavy (non-hydrogen) atoms. The molecule has 1 heterocycles. The Morgan fingerprint density at radius 3 is 2.35 bits per heavy atom. The fraction of sp³-hybridized carbons (Fsp3) is 0.739. The van der Waals surface area contributed by atoms with Crippen LogP contribution < -0.4 is 16.0 Å². The summed E-state index contributed by atoms with van der Waals surface area (Å²) in [6.07, 6.45) is 4.63. The van der Waals surface area contributed by atoms with Crippen molar-refractivity contribution in [3.63, 3.8) is 0 Å². The smallest absolute Gasteiger partial charge is 0.335 e. The van der Waals surface area contributed by atoms with Gasteiger partial charge in [-0.1, -0.05) is 34.6 Å². The fourth-order valence-electron chi connectivity index (χ4n) is 3.36. The number of hydrogen-bond donors (Lipinski definition) is 1. The van der Waals surface area contributed by atoms with E-state index in [1.165, 1.54) is 0 Å². The van der Waals surface area contributed by atoms with E-state index < -0.39 is 22.6 Å². The first kappa shape index (κ1) is 26.7. The fourth-order valence-corrected chi connectivity index (χ4v) is 3.36. The van der Waals surface area contributed by atoms with Gasteiger partial charge >= 0.3 is 11.7 Å². The Morgan fingerprint density at radius 1 is 1.10 bits per heavy atom. The Bertz CT molecular complexity index is 839. The average Bonchev–Trinajstić information content (AvgIpc) is 2.68. The number of carbonyl (C=O) groups is 2. The van der Waals surface area contributed by atoms with E-state index in [-0.39, 0.29) is 24.1 Å². The number of hydrogen-bond acceptors (Lipinski definition) is 6. The summed E-state index contributed by atoms with van der Waals surface area (Å²) in [5, 5.41) is 0. The lowest BCUT2D eigenvalue weighted by Gasteiger charge is -2.32. The van der Waals surface area contributed by atoms with Gasteiger partial charge in [-0.05, 0) is 50.9 Å². The lowest BCUT2D eigenvalue weighted by atomic mass is 9.73. The van der Waals surface area contributed by atoms with Crippen LogP contribution in [0.15, 0.2) is 15.8 Å². The zero-order chi connectivity index (χ0) is 23.6. The summed E-state index contributed by atoms with van der Waals surface area (Å²) in [5.41, 5.74) is -1.92. The summed E-state index contributed by atoms with van der Waals surface area (Å²) in [5.74, 6) is -0.0519. The van der Waals surface area contributed by atoms with Crippen LogP contribution in [0, 0.1) is 17.3 Å². The van der Waals surface area contributed by atoms with Crippen LogP contribution in [0.5, 0.6) is 5.75 Å². The van der Waals surface area contributed by atoms with Crippen LogP contribution in [0.1, 0.15) is 84.9 Å². The van der Waals surface area contributed by atoms with E-state index in [1.807, 2.05) is 27.7 Å². The first-order chi connectivity index (χ1) is 14.5. The SMILES string of the molecule is CCCOc1cn(C(=O)CCCCCOC(=O)C(C)(CC(C)C)C(C)C)c(=O)[nH]c1=O. The molecule has 0 saturated heterocycles. The van der Waals surface area contributed by atoms with Crippen molar-refractivity contribution in [3.05, 3.63) is 27.0 Å². The molecule has 1 rings (SSSR count). The van der Waals surface area contributed by atoms with Crippen LogP contribution in [0.2, 0.25) is 0 Å². The summed E-state index contributed by atoms with van der Waals surface area (Å²) < 4.78 is 11.7. The second-order valence-corrected chi connectivity index (χ2v) is 8.98. The number of unbranched alkanes of at least 4 members (excludes halogenated alkanes) is 2.